The molecule has 1 aliphatic rings. The van der Waals surface area contributed by atoms with Gasteiger partial charge in [-0.05, 0) is 63.4 Å². The summed E-state index contributed by atoms with van der Waals surface area (Å²) < 4.78 is 0. The molecular formula is C25H20. The van der Waals surface area contributed by atoms with Crippen LogP contribution in [0.2, 0.25) is 0 Å². The molecular weight excluding hydrogens is 300 g/mol. The van der Waals surface area contributed by atoms with Crippen molar-refractivity contribution in [1.82, 2.24) is 0 Å². The summed E-state index contributed by atoms with van der Waals surface area (Å²) in [5, 5.41) is 2.69. The van der Waals surface area contributed by atoms with E-state index < -0.39 is 0 Å². The van der Waals surface area contributed by atoms with Gasteiger partial charge in [-0.1, -0.05) is 84.9 Å². The fourth-order valence-corrected chi connectivity index (χ4v) is 4.11. The van der Waals surface area contributed by atoms with E-state index in [1.807, 2.05) is 0 Å². The monoisotopic (exact) mass is 320 g/mol. The zero-order valence-electron chi connectivity index (χ0n) is 14.2. The summed E-state index contributed by atoms with van der Waals surface area (Å²) >= 11 is 0. The summed E-state index contributed by atoms with van der Waals surface area (Å²) in [7, 11) is 0. The van der Waals surface area contributed by atoms with Crippen molar-refractivity contribution in [3.8, 4) is 0 Å². The molecule has 0 unspecified atom stereocenters. The third-order valence-electron chi connectivity index (χ3n) is 5.43. The van der Waals surface area contributed by atoms with E-state index in [4.69, 9.17) is 0 Å². The molecule has 4 aromatic carbocycles. The Balaban J connectivity index is 1.50. The fraction of sp³-hybridized carbons (Fsp3) is 0.120. The predicted octanol–water partition coefficient (Wildman–Crippen LogP) is 5.93. The first-order valence-electron chi connectivity index (χ1n) is 9.01. The second-order valence-electron chi connectivity index (χ2n) is 7.04. The van der Waals surface area contributed by atoms with Gasteiger partial charge in [-0.2, -0.15) is 0 Å². The second kappa shape index (κ2) is 5.89. The molecule has 0 amide bonds. The number of fused-ring (bicyclic) bond motifs is 3. The zero-order chi connectivity index (χ0) is 16.6. The Kier molecular flexibility index (Phi) is 3.41. The third-order valence-corrected chi connectivity index (χ3v) is 5.43. The molecule has 0 N–H and O–H groups in total. The van der Waals surface area contributed by atoms with Gasteiger partial charge >= 0.3 is 0 Å². The van der Waals surface area contributed by atoms with Gasteiger partial charge in [0.25, 0.3) is 0 Å². The van der Waals surface area contributed by atoms with Crippen LogP contribution in [0.1, 0.15) is 33.4 Å². The summed E-state index contributed by atoms with van der Waals surface area (Å²) in [5.74, 6) is 0. The van der Waals surface area contributed by atoms with Crippen LogP contribution in [-0.4, -0.2) is 0 Å². The van der Waals surface area contributed by atoms with Gasteiger partial charge < -0.3 is 0 Å². The minimum absolute atomic E-state index is 0.996. The SMILES string of the molecule is c1ccc2c(c1)Cc1ccc(Cc3cccc4ccccc34)cc1C2. The molecule has 0 atom stereocenters. The van der Waals surface area contributed by atoms with Gasteiger partial charge in [-0.25, -0.2) is 0 Å². The molecule has 1 aliphatic carbocycles. The molecule has 5 rings (SSSR count). The van der Waals surface area contributed by atoms with Crippen LogP contribution in [0.4, 0.5) is 0 Å². The van der Waals surface area contributed by atoms with Crippen molar-refractivity contribution in [2.24, 2.45) is 0 Å². The molecule has 0 saturated carbocycles. The van der Waals surface area contributed by atoms with E-state index in [9.17, 15) is 0 Å². The Bertz CT molecular complexity index is 1070. The molecule has 0 heteroatoms. The summed E-state index contributed by atoms with van der Waals surface area (Å²) in [6, 6.07) is 31.2. The molecule has 0 aromatic heterocycles. The maximum atomic E-state index is 2.42. The maximum Gasteiger partial charge on any atom is -0.00195 e. The van der Waals surface area contributed by atoms with Crippen LogP contribution in [0, 0.1) is 0 Å². The Morgan fingerprint density at radius 3 is 2.12 bits per heavy atom. The quantitative estimate of drug-likeness (QED) is 0.378. The van der Waals surface area contributed by atoms with Crippen LogP contribution in [0.5, 0.6) is 0 Å². The van der Waals surface area contributed by atoms with Crippen molar-refractivity contribution in [2.45, 2.75) is 19.3 Å². The van der Waals surface area contributed by atoms with E-state index in [2.05, 4.69) is 84.9 Å². The van der Waals surface area contributed by atoms with Gasteiger partial charge in [0.1, 0.15) is 0 Å². The Morgan fingerprint density at radius 1 is 0.560 bits per heavy atom. The molecule has 0 saturated heterocycles. The van der Waals surface area contributed by atoms with E-state index in [1.165, 1.54) is 44.2 Å². The van der Waals surface area contributed by atoms with Gasteiger partial charge in [0.05, 0.1) is 0 Å². The predicted molar refractivity (Wildman–Crippen MR) is 105 cm³/mol. The van der Waals surface area contributed by atoms with Gasteiger partial charge in [-0.3, -0.25) is 0 Å². The highest BCUT2D eigenvalue weighted by Crippen LogP contribution is 2.29. The lowest BCUT2D eigenvalue weighted by molar-refractivity contribution is 0.991. The summed E-state index contributed by atoms with van der Waals surface area (Å²) in [5.41, 5.74) is 8.77. The van der Waals surface area contributed by atoms with Gasteiger partial charge in [0.2, 0.25) is 0 Å². The molecule has 0 aliphatic heterocycles. The minimum atomic E-state index is 0.996. The molecule has 120 valence electrons. The van der Waals surface area contributed by atoms with Gasteiger partial charge in [-0.15, -0.1) is 0 Å². The molecule has 0 spiro atoms. The van der Waals surface area contributed by atoms with E-state index in [1.54, 1.807) is 0 Å². The third kappa shape index (κ3) is 2.64. The summed E-state index contributed by atoms with van der Waals surface area (Å²) in [6.07, 6.45) is 3.13. The van der Waals surface area contributed by atoms with Crippen LogP contribution < -0.4 is 0 Å². The molecule has 0 fully saturated rings. The van der Waals surface area contributed by atoms with Crippen LogP contribution in [0.25, 0.3) is 10.8 Å². The average Bonchev–Trinajstić information content (AvgIpc) is 2.67. The fourth-order valence-electron chi connectivity index (χ4n) is 4.11. The standard InChI is InChI=1S/C25H20/c1-2-8-21-17-24-15-18(12-13-22(24)16-20(21)7-1)14-23-10-5-9-19-6-3-4-11-25(19)23/h1-13,15H,14,16-17H2. The number of hydrogen-bond donors (Lipinski definition) is 0. The van der Waals surface area contributed by atoms with Crippen LogP contribution in [0.3, 0.4) is 0 Å². The van der Waals surface area contributed by atoms with E-state index in [-0.39, 0.29) is 0 Å². The van der Waals surface area contributed by atoms with Crippen LogP contribution in [-0.2, 0) is 19.3 Å². The highest BCUT2D eigenvalue weighted by molar-refractivity contribution is 5.85. The molecule has 0 radical (unpaired) electrons. The first-order chi connectivity index (χ1) is 12.4. The highest BCUT2D eigenvalue weighted by Gasteiger charge is 2.15. The second-order valence-corrected chi connectivity index (χ2v) is 7.04. The van der Waals surface area contributed by atoms with Crippen molar-refractivity contribution >= 4 is 10.8 Å². The molecule has 0 bridgehead atoms. The lowest BCUT2D eigenvalue weighted by atomic mass is 9.84. The lowest BCUT2D eigenvalue weighted by Gasteiger charge is -2.20. The molecule has 0 heterocycles. The molecule has 25 heavy (non-hydrogen) atoms. The smallest absolute Gasteiger partial charge is 0.00195 e. The first-order valence-corrected chi connectivity index (χ1v) is 9.01. The average molecular weight is 320 g/mol. The minimum Gasteiger partial charge on any atom is -0.0620 e. The Labute approximate surface area is 148 Å². The first kappa shape index (κ1) is 14.5. The van der Waals surface area contributed by atoms with Crippen LogP contribution in [0.15, 0.2) is 84.9 Å². The van der Waals surface area contributed by atoms with Gasteiger partial charge in [0.15, 0.2) is 0 Å². The van der Waals surface area contributed by atoms with E-state index in [0.717, 1.165) is 19.3 Å². The van der Waals surface area contributed by atoms with Crippen molar-refractivity contribution in [3.05, 3.63) is 118 Å². The zero-order valence-corrected chi connectivity index (χ0v) is 14.2. The highest BCUT2D eigenvalue weighted by atomic mass is 14.2. The normalized spacial score (nSPS) is 12.6. The number of benzene rings is 4. The number of hydrogen-bond acceptors (Lipinski definition) is 0. The van der Waals surface area contributed by atoms with Crippen LogP contribution >= 0.6 is 0 Å². The largest absolute Gasteiger partial charge is 0.0620 e. The van der Waals surface area contributed by atoms with E-state index in [0.29, 0.717) is 0 Å². The summed E-state index contributed by atoms with van der Waals surface area (Å²) in [6.45, 7) is 0. The lowest BCUT2D eigenvalue weighted by Crippen LogP contribution is -2.07. The molecule has 0 nitrogen and oxygen atoms in total. The van der Waals surface area contributed by atoms with E-state index >= 15 is 0 Å². The van der Waals surface area contributed by atoms with Crippen molar-refractivity contribution in [2.75, 3.05) is 0 Å². The van der Waals surface area contributed by atoms with Crippen molar-refractivity contribution in [3.63, 3.8) is 0 Å². The van der Waals surface area contributed by atoms with Gasteiger partial charge in [0, 0.05) is 0 Å². The Morgan fingerprint density at radius 2 is 1.24 bits per heavy atom. The van der Waals surface area contributed by atoms with Crippen molar-refractivity contribution in [1.29, 1.82) is 0 Å². The topological polar surface area (TPSA) is 0 Å². The summed E-state index contributed by atoms with van der Waals surface area (Å²) in [4.78, 5) is 0. The van der Waals surface area contributed by atoms with Crippen molar-refractivity contribution < 1.29 is 0 Å². The maximum absolute atomic E-state index is 2.42. The number of rotatable bonds is 2. The molecule has 4 aromatic rings. The Hall–Kier alpha value is -2.86.